The van der Waals surface area contributed by atoms with Crippen molar-refractivity contribution < 1.29 is 0 Å². The summed E-state index contributed by atoms with van der Waals surface area (Å²) in [6.07, 6.45) is 3.89. The molecule has 0 saturated carbocycles. The number of fused-ring (bicyclic) bond motifs is 1. The van der Waals surface area contributed by atoms with E-state index in [9.17, 15) is 0 Å². The Hall–Kier alpha value is -2.28. The lowest BCUT2D eigenvalue weighted by molar-refractivity contribution is 0.625. The standard InChI is InChI=1S/C12H15N7/c1-13-6-9-7-19(8-11-15-17-18(2)16-11)12-10(9)4-3-5-14-12/h3-5,7,13H,6,8H2,1-2H3. The van der Waals surface area contributed by atoms with Gasteiger partial charge in [-0.05, 0) is 30.0 Å². The van der Waals surface area contributed by atoms with Crippen LogP contribution in [-0.2, 0) is 20.1 Å². The van der Waals surface area contributed by atoms with Crippen LogP contribution in [0.4, 0.5) is 0 Å². The van der Waals surface area contributed by atoms with Crippen LogP contribution in [0.1, 0.15) is 11.4 Å². The van der Waals surface area contributed by atoms with Crippen LogP contribution < -0.4 is 5.32 Å². The van der Waals surface area contributed by atoms with E-state index in [-0.39, 0.29) is 0 Å². The van der Waals surface area contributed by atoms with E-state index in [0.717, 1.165) is 17.6 Å². The number of pyridine rings is 1. The number of nitrogens with one attached hydrogen (secondary N) is 1. The second-order valence-electron chi connectivity index (χ2n) is 4.38. The zero-order chi connectivity index (χ0) is 13.2. The largest absolute Gasteiger partial charge is 0.324 e. The number of nitrogens with zero attached hydrogens (tertiary/aromatic N) is 6. The third kappa shape index (κ3) is 2.19. The molecule has 0 saturated heterocycles. The fourth-order valence-corrected chi connectivity index (χ4v) is 2.19. The van der Waals surface area contributed by atoms with Crippen molar-refractivity contribution in [3.05, 3.63) is 35.9 Å². The Morgan fingerprint density at radius 2 is 2.26 bits per heavy atom. The predicted octanol–water partition coefficient (Wildman–Crippen LogP) is 0.327. The van der Waals surface area contributed by atoms with Gasteiger partial charge in [0.15, 0.2) is 5.82 Å². The maximum atomic E-state index is 4.44. The first-order chi connectivity index (χ1) is 9.28. The number of tetrazole rings is 1. The number of aromatic nitrogens is 6. The van der Waals surface area contributed by atoms with Crippen LogP contribution in [0.15, 0.2) is 24.5 Å². The third-order valence-electron chi connectivity index (χ3n) is 2.95. The number of rotatable bonds is 4. The van der Waals surface area contributed by atoms with Gasteiger partial charge in [-0.15, -0.1) is 10.2 Å². The van der Waals surface area contributed by atoms with Gasteiger partial charge in [-0.25, -0.2) is 4.98 Å². The van der Waals surface area contributed by atoms with Gasteiger partial charge in [0, 0.05) is 24.3 Å². The molecule has 7 nitrogen and oxygen atoms in total. The van der Waals surface area contributed by atoms with Crippen LogP contribution >= 0.6 is 0 Å². The van der Waals surface area contributed by atoms with Crippen molar-refractivity contribution in [1.82, 2.24) is 35.1 Å². The molecule has 0 atom stereocenters. The lowest BCUT2D eigenvalue weighted by Crippen LogP contribution is -2.05. The van der Waals surface area contributed by atoms with Gasteiger partial charge in [0.2, 0.25) is 0 Å². The van der Waals surface area contributed by atoms with Gasteiger partial charge < -0.3 is 9.88 Å². The first-order valence-corrected chi connectivity index (χ1v) is 6.08. The quantitative estimate of drug-likeness (QED) is 0.729. The van der Waals surface area contributed by atoms with Gasteiger partial charge >= 0.3 is 0 Å². The zero-order valence-electron chi connectivity index (χ0n) is 10.9. The minimum atomic E-state index is 0.574. The molecule has 3 aromatic rings. The molecule has 98 valence electrons. The first-order valence-electron chi connectivity index (χ1n) is 6.08. The molecule has 0 fully saturated rings. The van der Waals surface area contributed by atoms with Crippen LogP contribution in [0, 0.1) is 0 Å². The SMILES string of the molecule is CNCc1cn(Cc2nnn(C)n2)c2ncccc12. The molecule has 1 N–H and O–H groups in total. The van der Waals surface area contributed by atoms with Gasteiger partial charge in [-0.1, -0.05) is 0 Å². The molecule has 0 aliphatic carbocycles. The lowest BCUT2D eigenvalue weighted by Gasteiger charge is -1.99. The summed E-state index contributed by atoms with van der Waals surface area (Å²) >= 11 is 0. The van der Waals surface area contributed by atoms with Crippen LogP contribution in [0.5, 0.6) is 0 Å². The summed E-state index contributed by atoms with van der Waals surface area (Å²) in [6.45, 7) is 1.38. The number of hydrogen-bond acceptors (Lipinski definition) is 5. The first kappa shape index (κ1) is 11.8. The average Bonchev–Trinajstić information content (AvgIpc) is 2.97. The number of aryl methyl sites for hydroxylation is 1. The van der Waals surface area contributed by atoms with Crippen LogP contribution in [0.2, 0.25) is 0 Å². The molecule has 0 aromatic carbocycles. The maximum Gasteiger partial charge on any atom is 0.194 e. The molecule has 3 heterocycles. The predicted molar refractivity (Wildman–Crippen MR) is 70.4 cm³/mol. The molecule has 3 rings (SSSR count). The highest BCUT2D eigenvalue weighted by molar-refractivity contribution is 5.80. The smallest absolute Gasteiger partial charge is 0.194 e. The second kappa shape index (κ2) is 4.77. The van der Waals surface area contributed by atoms with Crippen LogP contribution in [0.3, 0.4) is 0 Å². The van der Waals surface area contributed by atoms with E-state index in [1.807, 2.05) is 13.1 Å². The van der Waals surface area contributed by atoms with E-state index in [2.05, 4.69) is 42.5 Å². The van der Waals surface area contributed by atoms with Crippen molar-refractivity contribution in [2.45, 2.75) is 13.1 Å². The molecule has 0 spiro atoms. The molecule has 19 heavy (non-hydrogen) atoms. The summed E-state index contributed by atoms with van der Waals surface area (Å²) < 4.78 is 2.05. The maximum absolute atomic E-state index is 4.44. The van der Waals surface area contributed by atoms with Gasteiger partial charge in [0.05, 0.1) is 13.6 Å². The molecule has 0 amide bonds. The highest BCUT2D eigenvalue weighted by atomic mass is 15.6. The summed E-state index contributed by atoms with van der Waals surface area (Å²) in [7, 11) is 3.69. The van der Waals surface area contributed by atoms with E-state index in [4.69, 9.17) is 0 Å². The highest BCUT2D eigenvalue weighted by Gasteiger charge is 2.10. The summed E-state index contributed by atoms with van der Waals surface area (Å²) in [5.41, 5.74) is 2.16. The van der Waals surface area contributed by atoms with Crippen molar-refractivity contribution in [3.8, 4) is 0 Å². The average molecular weight is 257 g/mol. The van der Waals surface area contributed by atoms with Crippen molar-refractivity contribution in [2.75, 3.05) is 7.05 Å². The Labute approximate surface area is 110 Å². The minimum absolute atomic E-state index is 0.574. The lowest BCUT2D eigenvalue weighted by atomic mass is 10.2. The normalized spacial score (nSPS) is 11.3. The van der Waals surface area contributed by atoms with E-state index in [0.29, 0.717) is 12.4 Å². The molecule has 0 bridgehead atoms. The molecule has 7 heteroatoms. The van der Waals surface area contributed by atoms with E-state index in [1.165, 1.54) is 10.4 Å². The Balaban J connectivity index is 2.03. The highest BCUT2D eigenvalue weighted by Crippen LogP contribution is 2.19. The van der Waals surface area contributed by atoms with Crippen molar-refractivity contribution in [1.29, 1.82) is 0 Å². The van der Waals surface area contributed by atoms with Crippen LogP contribution in [-0.4, -0.2) is 36.8 Å². The Bertz CT molecular complexity index is 697. The zero-order valence-corrected chi connectivity index (χ0v) is 10.9. The Kier molecular flexibility index (Phi) is 2.96. The minimum Gasteiger partial charge on any atom is -0.324 e. The topological polar surface area (TPSA) is 73.5 Å². The molecular formula is C12H15N7. The van der Waals surface area contributed by atoms with Gasteiger partial charge in [0.25, 0.3) is 0 Å². The molecule has 0 unspecified atom stereocenters. The van der Waals surface area contributed by atoms with E-state index < -0.39 is 0 Å². The van der Waals surface area contributed by atoms with E-state index >= 15 is 0 Å². The summed E-state index contributed by atoms with van der Waals surface area (Å²) in [5.74, 6) is 0.682. The molecular weight excluding hydrogens is 242 g/mol. The molecule has 3 aromatic heterocycles. The van der Waals surface area contributed by atoms with Gasteiger partial charge in [0.1, 0.15) is 5.65 Å². The second-order valence-corrected chi connectivity index (χ2v) is 4.38. The Morgan fingerprint density at radius 1 is 1.37 bits per heavy atom. The number of hydrogen-bond donors (Lipinski definition) is 1. The fourth-order valence-electron chi connectivity index (χ4n) is 2.19. The van der Waals surface area contributed by atoms with Crippen molar-refractivity contribution in [3.63, 3.8) is 0 Å². The summed E-state index contributed by atoms with van der Waals surface area (Å²) in [4.78, 5) is 5.90. The monoisotopic (exact) mass is 257 g/mol. The molecule has 0 aliphatic heterocycles. The van der Waals surface area contributed by atoms with Gasteiger partial charge in [-0.2, -0.15) is 4.80 Å². The van der Waals surface area contributed by atoms with E-state index in [1.54, 1.807) is 13.2 Å². The van der Waals surface area contributed by atoms with Crippen molar-refractivity contribution >= 4 is 11.0 Å². The summed E-state index contributed by atoms with van der Waals surface area (Å²) in [6, 6.07) is 4.03. The molecule has 0 aliphatic rings. The van der Waals surface area contributed by atoms with Gasteiger partial charge in [-0.3, -0.25) is 0 Å². The summed E-state index contributed by atoms with van der Waals surface area (Å²) in [5, 5.41) is 16.4. The Morgan fingerprint density at radius 3 is 3.00 bits per heavy atom. The third-order valence-corrected chi connectivity index (χ3v) is 2.95. The molecule has 0 radical (unpaired) electrons. The van der Waals surface area contributed by atoms with Crippen molar-refractivity contribution in [2.24, 2.45) is 7.05 Å². The van der Waals surface area contributed by atoms with Crippen LogP contribution in [0.25, 0.3) is 11.0 Å². The fraction of sp³-hybridized carbons (Fsp3) is 0.333.